The number of allylic oxidation sites excluding steroid dienone is 1. The lowest BCUT2D eigenvalue weighted by Gasteiger charge is -2.49. The van der Waals surface area contributed by atoms with Gasteiger partial charge in [-0.05, 0) is 19.8 Å². The van der Waals surface area contributed by atoms with Crippen molar-refractivity contribution in [1.29, 1.82) is 0 Å². The van der Waals surface area contributed by atoms with Crippen molar-refractivity contribution in [3.63, 3.8) is 0 Å². The van der Waals surface area contributed by atoms with Gasteiger partial charge >= 0.3 is 0 Å². The van der Waals surface area contributed by atoms with Gasteiger partial charge in [-0.1, -0.05) is 5.57 Å². The Balaban J connectivity index is 1.84. The molecule has 2 unspecified atom stereocenters. The number of hydrogen-bond acceptors (Lipinski definition) is 3. The van der Waals surface area contributed by atoms with Crippen LogP contribution in [0.1, 0.15) is 19.8 Å². The Hall–Kier alpha value is -0.380. The molecule has 3 nitrogen and oxygen atoms in total. The number of fused-ring (bicyclic) bond motifs is 3. The van der Waals surface area contributed by atoms with Crippen LogP contribution < -0.4 is 5.73 Å². The van der Waals surface area contributed by atoms with Crippen LogP contribution in [0.3, 0.4) is 0 Å². The van der Waals surface area contributed by atoms with Crippen molar-refractivity contribution in [2.75, 3.05) is 32.7 Å². The van der Waals surface area contributed by atoms with E-state index in [9.17, 15) is 0 Å². The lowest BCUT2D eigenvalue weighted by molar-refractivity contribution is 0.00149. The highest BCUT2D eigenvalue weighted by atomic mass is 15.3. The molecule has 3 aliphatic heterocycles. The second-order valence-electron chi connectivity index (χ2n) is 5.06. The summed E-state index contributed by atoms with van der Waals surface area (Å²) in [4.78, 5) is 5.12. The molecular formula is C12H23N3. The molecule has 0 aromatic heterocycles. The predicted octanol–water partition coefficient (Wildman–Crippen LogP) is 0.670. The smallest absolute Gasteiger partial charge is 0.0375 e. The minimum atomic E-state index is 0.324. The van der Waals surface area contributed by atoms with Crippen LogP contribution in [0.15, 0.2) is 12.2 Å². The van der Waals surface area contributed by atoms with Gasteiger partial charge in [-0.3, -0.25) is 9.80 Å². The molecule has 3 heterocycles. The third-order valence-corrected chi connectivity index (χ3v) is 3.72. The monoisotopic (exact) mass is 209 g/mol. The number of nitrogens with zero attached hydrogens (tertiary/aromatic N) is 2. The average molecular weight is 209 g/mol. The molecule has 0 aliphatic carbocycles. The zero-order valence-electron chi connectivity index (χ0n) is 9.78. The fraction of sp³-hybridized carbons (Fsp3) is 0.833. The van der Waals surface area contributed by atoms with Gasteiger partial charge in [0.2, 0.25) is 0 Å². The van der Waals surface area contributed by atoms with Crippen LogP contribution in [0.2, 0.25) is 0 Å². The minimum absolute atomic E-state index is 0.324. The first-order valence-corrected chi connectivity index (χ1v) is 6.03. The Bertz CT molecular complexity index is 231. The quantitative estimate of drug-likeness (QED) is 0.691. The molecule has 3 fully saturated rings. The van der Waals surface area contributed by atoms with Gasteiger partial charge in [0.1, 0.15) is 0 Å². The molecular weight excluding hydrogens is 186 g/mol. The Morgan fingerprint density at radius 2 is 2.07 bits per heavy atom. The van der Waals surface area contributed by atoms with Crippen LogP contribution in [0.5, 0.6) is 0 Å². The summed E-state index contributed by atoms with van der Waals surface area (Å²) < 4.78 is 0. The van der Waals surface area contributed by atoms with Crippen molar-refractivity contribution in [2.45, 2.75) is 31.8 Å². The molecule has 2 atom stereocenters. The maximum Gasteiger partial charge on any atom is 0.0375 e. The van der Waals surface area contributed by atoms with E-state index in [-0.39, 0.29) is 0 Å². The molecule has 0 radical (unpaired) electrons. The van der Waals surface area contributed by atoms with Crippen LogP contribution >= 0.6 is 0 Å². The van der Waals surface area contributed by atoms with Gasteiger partial charge in [0.25, 0.3) is 0 Å². The molecule has 0 aromatic carbocycles. The van der Waals surface area contributed by atoms with E-state index >= 15 is 0 Å². The van der Waals surface area contributed by atoms with E-state index in [4.69, 9.17) is 5.73 Å². The maximum atomic E-state index is 6.27. The molecule has 2 N–H and O–H groups in total. The van der Waals surface area contributed by atoms with Gasteiger partial charge < -0.3 is 5.73 Å². The molecule has 0 spiro atoms. The molecule has 15 heavy (non-hydrogen) atoms. The Labute approximate surface area is 92.9 Å². The lowest BCUT2D eigenvalue weighted by Crippen LogP contribution is -2.65. The van der Waals surface area contributed by atoms with Crippen molar-refractivity contribution < 1.29 is 0 Å². The Morgan fingerprint density at radius 3 is 2.53 bits per heavy atom. The summed E-state index contributed by atoms with van der Waals surface area (Å²) >= 11 is 0. The van der Waals surface area contributed by atoms with E-state index in [2.05, 4.69) is 23.3 Å². The normalized spacial score (nSPS) is 36.5. The second-order valence-corrected chi connectivity index (χ2v) is 5.06. The van der Waals surface area contributed by atoms with Crippen molar-refractivity contribution in [1.82, 2.24) is 9.80 Å². The molecule has 3 saturated heterocycles. The Morgan fingerprint density at radius 1 is 1.40 bits per heavy atom. The minimum Gasteiger partial charge on any atom is -0.326 e. The van der Waals surface area contributed by atoms with Crippen molar-refractivity contribution in [3.8, 4) is 0 Å². The van der Waals surface area contributed by atoms with Gasteiger partial charge in [-0.2, -0.15) is 0 Å². The highest BCUT2D eigenvalue weighted by Crippen LogP contribution is 2.20. The summed E-state index contributed by atoms with van der Waals surface area (Å²) in [6, 6.07) is 0.914. The van der Waals surface area contributed by atoms with E-state index in [1.54, 1.807) is 0 Å². The fourth-order valence-corrected chi connectivity index (χ4v) is 2.67. The summed E-state index contributed by atoms with van der Waals surface area (Å²) in [5.41, 5.74) is 7.53. The Kier molecular flexibility index (Phi) is 3.44. The molecule has 86 valence electrons. The van der Waals surface area contributed by atoms with Crippen molar-refractivity contribution in [3.05, 3.63) is 12.2 Å². The van der Waals surface area contributed by atoms with E-state index in [1.807, 2.05) is 0 Å². The van der Waals surface area contributed by atoms with Crippen molar-refractivity contribution in [2.24, 2.45) is 5.73 Å². The standard InChI is InChI=1S/C12H23N3/c1-10(2)3-4-11(13)12-9-14-5-7-15(12)8-6-14/h11-12H,1,3-9,13H2,2H3. The van der Waals surface area contributed by atoms with Gasteiger partial charge in [0, 0.05) is 44.8 Å². The number of piperazine rings is 3. The summed E-state index contributed by atoms with van der Waals surface area (Å²) in [6.07, 6.45) is 2.16. The zero-order chi connectivity index (χ0) is 10.8. The zero-order valence-corrected chi connectivity index (χ0v) is 9.78. The van der Waals surface area contributed by atoms with Crippen LogP contribution in [0.4, 0.5) is 0 Å². The fourth-order valence-electron chi connectivity index (χ4n) is 2.67. The van der Waals surface area contributed by atoms with Gasteiger partial charge in [-0.25, -0.2) is 0 Å². The SMILES string of the molecule is C=C(C)CCC(N)C1CN2CCN1CC2. The van der Waals surface area contributed by atoms with E-state index in [1.165, 1.54) is 38.3 Å². The van der Waals surface area contributed by atoms with Crippen LogP contribution in [0, 0.1) is 0 Å². The number of hydrogen-bond donors (Lipinski definition) is 1. The molecule has 3 rings (SSSR count). The third kappa shape index (κ3) is 2.60. The van der Waals surface area contributed by atoms with Crippen LogP contribution in [0.25, 0.3) is 0 Å². The van der Waals surface area contributed by atoms with Gasteiger partial charge in [0.15, 0.2) is 0 Å². The first-order chi connectivity index (χ1) is 7.16. The summed E-state index contributed by atoms with van der Waals surface area (Å²) in [5, 5.41) is 0. The predicted molar refractivity (Wildman–Crippen MR) is 63.8 cm³/mol. The first-order valence-electron chi connectivity index (χ1n) is 6.03. The molecule has 2 bridgehead atoms. The summed E-state index contributed by atoms with van der Waals surface area (Å²) in [7, 11) is 0. The summed E-state index contributed by atoms with van der Waals surface area (Å²) in [5.74, 6) is 0. The second kappa shape index (κ2) is 4.64. The number of rotatable bonds is 4. The molecule has 0 aromatic rings. The summed E-state index contributed by atoms with van der Waals surface area (Å²) in [6.45, 7) is 12.1. The molecule has 3 heteroatoms. The molecule has 0 amide bonds. The van der Waals surface area contributed by atoms with Gasteiger partial charge in [0.05, 0.1) is 0 Å². The maximum absolute atomic E-state index is 6.27. The van der Waals surface area contributed by atoms with Crippen LogP contribution in [-0.2, 0) is 0 Å². The van der Waals surface area contributed by atoms with E-state index in [0.29, 0.717) is 12.1 Å². The highest BCUT2D eigenvalue weighted by molar-refractivity contribution is 4.96. The van der Waals surface area contributed by atoms with Crippen LogP contribution in [-0.4, -0.2) is 54.6 Å². The van der Waals surface area contributed by atoms with Gasteiger partial charge in [-0.15, -0.1) is 6.58 Å². The number of nitrogens with two attached hydrogens (primary N) is 1. The largest absolute Gasteiger partial charge is 0.326 e. The molecule has 3 aliphatic rings. The third-order valence-electron chi connectivity index (χ3n) is 3.72. The topological polar surface area (TPSA) is 32.5 Å². The molecule has 0 saturated carbocycles. The highest BCUT2D eigenvalue weighted by Gasteiger charge is 2.34. The van der Waals surface area contributed by atoms with E-state index < -0.39 is 0 Å². The lowest BCUT2D eigenvalue weighted by atomic mass is 9.96. The van der Waals surface area contributed by atoms with Crippen molar-refractivity contribution >= 4 is 0 Å². The van der Waals surface area contributed by atoms with E-state index in [0.717, 1.165) is 12.8 Å². The first kappa shape index (κ1) is 11.1. The average Bonchev–Trinajstić information content (AvgIpc) is 2.27.